The van der Waals surface area contributed by atoms with Gasteiger partial charge in [-0.3, -0.25) is 18.7 Å². The van der Waals surface area contributed by atoms with Crippen LogP contribution in [0, 0.1) is 0 Å². The Labute approximate surface area is 210 Å². The number of carbonyl (C=O) groups is 1. The van der Waals surface area contributed by atoms with Crippen molar-refractivity contribution in [3.8, 4) is 0 Å². The van der Waals surface area contributed by atoms with Gasteiger partial charge in [0, 0.05) is 39.0 Å². The highest BCUT2D eigenvalue weighted by molar-refractivity contribution is 6.31. The molecule has 1 aliphatic carbocycles. The van der Waals surface area contributed by atoms with E-state index in [-0.39, 0.29) is 17.8 Å². The number of aryl methyl sites for hydroxylation is 2. The molecular weight excluding hydrogens is 486 g/mol. The van der Waals surface area contributed by atoms with Crippen LogP contribution in [0.4, 0.5) is 0 Å². The van der Waals surface area contributed by atoms with Gasteiger partial charge >= 0.3 is 5.69 Å². The Morgan fingerprint density at radius 1 is 1.25 bits per heavy atom. The molecular formula is C24H28ClN7O4. The number of nitrogens with zero attached hydrogens (tertiary/aromatic N) is 6. The summed E-state index contributed by atoms with van der Waals surface area (Å²) in [6.07, 6.45) is 3.32. The first kappa shape index (κ1) is 24.3. The lowest BCUT2D eigenvalue weighted by molar-refractivity contribution is -0.136. The third kappa shape index (κ3) is 4.01. The molecule has 1 amide bonds. The van der Waals surface area contributed by atoms with E-state index in [1.54, 1.807) is 35.7 Å². The number of likely N-dealkylation sites (N-methyl/N-ethyl adjacent to an activating group) is 1. The molecule has 0 saturated heterocycles. The summed E-state index contributed by atoms with van der Waals surface area (Å²) in [5.41, 5.74) is 1.21. The molecule has 0 unspecified atom stereocenters. The van der Waals surface area contributed by atoms with E-state index < -0.39 is 29.4 Å². The van der Waals surface area contributed by atoms with Gasteiger partial charge in [-0.2, -0.15) is 0 Å². The molecule has 0 aliphatic heterocycles. The molecule has 3 atom stereocenters. The maximum absolute atomic E-state index is 13.1. The van der Waals surface area contributed by atoms with Crippen LogP contribution in [0.5, 0.6) is 0 Å². The zero-order valence-corrected chi connectivity index (χ0v) is 21.1. The van der Waals surface area contributed by atoms with Crippen LogP contribution in [0.2, 0.25) is 5.02 Å². The predicted molar refractivity (Wildman–Crippen MR) is 135 cm³/mol. The molecule has 0 bridgehead atoms. The van der Waals surface area contributed by atoms with Gasteiger partial charge in [0.15, 0.2) is 5.52 Å². The first-order valence-corrected chi connectivity index (χ1v) is 12.3. The summed E-state index contributed by atoms with van der Waals surface area (Å²) in [6.45, 7) is 0. The number of fused-ring (bicyclic) bond motifs is 2. The zero-order valence-electron chi connectivity index (χ0n) is 20.3. The number of H-pyrrole nitrogens is 1. The Morgan fingerprint density at radius 3 is 2.81 bits per heavy atom. The third-order valence-corrected chi connectivity index (χ3v) is 7.51. The lowest BCUT2D eigenvalue weighted by Gasteiger charge is -2.40. The van der Waals surface area contributed by atoms with Crippen LogP contribution >= 0.6 is 11.6 Å². The predicted octanol–water partition coefficient (Wildman–Crippen LogP) is 1.51. The number of aliphatic hydroxyl groups is 1. The second kappa shape index (κ2) is 9.21. The second-order valence-electron chi connectivity index (χ2n) is 9.44. The molecule has 1 saturated carbocycles. The van der Waals surface area contributed by atoms with Crippen LogP contribution in [0.3, 0.4) is 0 Å². The van der Waals surface area contributed by atoms with E-state index in [0.29, 0.717) is 35.8 Å². The van der Waals surface area contributed by atoms with Gasteiger partial charge in [-0.15, -0.1) is 0 Å². The average molecular weight is 514 g/mol. The normalized spacial score (nSPS) is 20.3. The number of hydrogen-bond donors (Lipinski definition) is 2. The highest BCUT2D eigenvalue weighted by atomic mass is 35.5. The number of aromatic nitrogens is 6. The van der Waals surface area contributed by atoms with Gasteiger partial charge in [0.25, 0.3) is 5.56 Å². The zero-order chi connectivity index (χ0) is 25.7. The van der Waals surface area contributed by atoms with E-state index in [9.17, 15) is 19.5 Å². The fourth-order valence-corrected chi connectivity index (χ4v) is 5.41. The van der Waals surface area contributed by atoms with Crippen molar-refractivity contribution in [3.05, 3.63) is 56.2 Å². The number of amides is 1. The van der Waals surface area contributed by atoms with Gasteiger partial charge in [-0.25, -0.2) is 14.8 Å². The Morgan fingerprint density at radius 2 is 2.03 bits per heavy atom. The van der Waals surface area contributed by atoms with E-state index in [4.69, 9.17) is 11.6 Å². The highest BCUT2D eigenvalue weighted by Crippen LogP contribution is 2.33. The Bertz CT molecular complexity index is 1580. The topological polar surface area (TPSA) is 131 Å². The third-order valence-electron chi connectivity index (χ3n) is 7.27. The Kier molecular flexibility index (Phi) is 6.21. The maximum atomic E-state index is 13.1. The number of hydrogen-bond acceptors (Lipinski definition) is 6. The van der Waals surface area contributed by atoms with Crippen molar-refractivity contribution in [1.29, 1.82) is 0 Å². The summed E-state index contributed by atoms with van der Waals surface area (Å²) < 4.78 is 4.09. The molecule has 1 aliphatic rings. The molecule has 12 heteroatoms. The Balaban J connectivity index is 1.34. The fourth-order valence-electron chi connectivity index (χ4n) is 5.24. The highest BCUT2D eigenvalue weighted by Gasteiger charge is 2.38. The summed E-state index contributed by atoms with van der Waals surface area (Å²) in [7, 11) is 4.70. The Hall–Kier alpha value is -3.44. The maximum Gasteiger partial charge on any atom is 0.332 e. The fraction of sp³-hybridized carbons (Fsp3) is 0.458. The molecule has 4 aromatic rings. The first-order valence-electron chi connectivity index (χ1n) is 11.9. The minimum Gasteiger partial charge on any atom is -0.389 e. The van der Waals surface area contributed by atoms with Crippen molar-refractivity contribution in [2.45, 2.75) is 50.3 Å². The first-order chi connectivity index (χ1) is 17.2. The van der Waals surface area contributed by atoms with Crippen molar-refractivity contribution in [2.24, 2.45) is 14.1 Å². The smallest absolute Gasteiger partial charge is 0.332 e. The minimum absolute atomic E-state index is 0.102. The number of imidazole rings is 2. The van der Waals surface area contributed by atoms with Crippen molar-refractivity contribution in [2.75, 3.05) is 7.05 Å². The minimum atomic E-state index is -0.891. The van der Waals surface area contributed by atoms with E-state index in [1.807, 2.05) is 6.07 Å². The summed E-state index contributed by atoms with van der Waals surface area (Å²) in [6, 6.07) is 4.56. The summed E-state index contributed by atoms with van der Waals surface area (Å²) >= 11 is 6.04. The molecule has 3 heterocycles. The summed E-state index contributed by atoms with van der Waals surface area (Å²) in [5.74, 6) is 0.596. The molecule has 190 valence electrons. The number of carbonyl (C=O) groups excluding carboxylic acids is 1. The van der Waals surface area contributed by atoms with Crippen molar-refractivity contribution >= 4 is 39.7 Å². The van der Waals surface area contributed by atoms with Crippen LogP contribution < -0.4 is 11.2 Å². The number of rotatable bonds is 5. The molecule has 11 nitrogen and oxygen atoms in total. The molecule has 2 N–H and O–H groups in total. The van der Waals surface area contributed by atoms with Gasteiger partial charge < -0.3 is 19.6 Å². The molecule has 0 spiro atoms. The number of aliphatic hydroxyl groups excluding tert-OH is 1. The monoisotopic (exact) mass is 513 g/mol. The molecule has 1 aromatic carbocycles. The SMILES string of the molecule is CN(C(=O)CCc1nc2ccc(Cl)cc2[nH]1)[C@@H]1CCC[C@@H](n2cnc3c(=O)n(C)c(=O)n(C)c32)[C@@H]1O. The van der Waals surface area contributed by atoms with Gasteiger partial charge in [0.2, 0.25) is 5.91 Å². The number of aromatic amines is 1. The van der Waals surface area contributed by atoms with Gasteiger partial charge in [-0.1, -0.05) is 11.6 Å². The van der Waals surface area contributed by atoms with Crippen LogP contribution in [-0.2, 0) is 25.3 Å². The van der Waals surface area contributed by atoms with E-state index in [0.717, 1.165) is 22.0 Å². The van der Waals surface area contributed by atoms with Crippen molar-refractivity contribution in [3.63, 3.8) is 0 Å². The van der Waals surface area contributed by atoms with Crippen LogP contribution in [0.1, 0.15) is 37.5 Å². The lowest BCUT2D eigenvalue weighted by atomic mass is 9.87. The van der Waals surface area contributed by atoms with Crippen molar-refractivity contribution in [1.82, 2.24) is 33.6 Å². The van der Waals surface area contributed by atoms with Crippen molar-refractivity contribution < 1.29 is 9.90 Å². The summed E-state index contributed by atoms with van der Waals surface area (Å²) in [4.78, 5) is 51.7. The number of halogens is 1. The lowest BCUT2D eigenvalue weighted by Crippen LogP contribution is -2.50. The molecule has 0 radical (unpaired) electrons. The van der Waals surface area contributed by atoms with Gasteiger partial charge in [-0.05, 0) is 37.5 Å². The van der Waals surface area contributed by atoms with E-state index in [1.165, 1.54) is 17.9 Å². The van der Waals surface area contributed by atoms with Gasteiger partial charge in [0.05, 0.1) is 35.5 Å². The molecule has 3 aromatic heterocycles. The number of benzene rings is 1. The molecule has 5 rings (SSSR count). The van der Waals surface area contributed by atoms with E-state index >= 15 is 0 Å². The standard InChI is InChI=1S/C24H28ClN7O4/c1-29(19(33)10-9-18-27-14-8-7-13(25)11-15(14)28-18)16-5-4-6-17(21(16)34)32-12-26-20-22(32)30(2)24(36)31(3)23(20)35/h7-8,11-12,16-17,21,34H,4-6,9-10H2,1-3H3,(H,27,28)/t16-,17-,21-/m1/s1. The quantitative estimate of drug-likeness (QED) is 0.416. The number of nitrogens with one attached hydrogen (secondary N) is 1. The van der Waals surface area contributed by atoms with Gasteiger partial charge in [0.1, 0.15) is 11.5 Å². The molecule has 1 fully saturated rings. The average Bonchev–Trinajstić information content (AvgIpc) is 3.48. The largest absolute Gasteiger partial charge is 0.389 e. The molecule has 36 heavy (non-hydrogen) atoms. The second-order valence-corrected chi connectivity index (χ2v) is 9.87. The summed E-state index contributed by atoms with van der Waals surface area (Å²) in [5, 5.41) is 11.9. The van der Waals surface area contributed by atoms with Crippen LogP contribution in [0.25, 0.3) is 22.2 Å². The van der Waals surface area contributed by atoms with Crippen LogP contribution in [-0.4, -0.2) is 63.8 Å². The van der Waals surface area contributed by atoms with Crippen LogP contribution in [0.15, 0.2) is 34.1 Å². The van der Waals surface area contributed by atoms with E-state index in [2.05, 4.69) is 15.0 Å².